The molecule has 6 heteroatoms. The SMILES string of the molecule is Nc1cc(S(=O)(=O)c2ccccc2)cnc1COCc1ccccc1. The number of aromatic nitrogens is 1. The fourth-order valence-corrected chi connectivity index (χ4v) is 3.59. The van der Waals surface area contributed by atoms with E-state index in [2.05, 4.69) is 4.98 Å². The van der Waals surface area contributed by atoms with Crippen LogP contribution >= 0.6 is 0 Å². The minimum Gasteiger partial charge on any atom is -0.397 e. The number of rotatable bonds is 6. The predicted octanol–water partition coefficient (Wildman–Crippen LogP) is 3.21. The monoisotopic (exact) mass is 354 g/mol. The van der Waals surface area contributed by atoms with E-state index in [1.54, 1.807) is 30.3 Å². The number of sulfone groups is 1. The van der Waals surface area contributed by atoms with E-state index in [0.717, 1.165) is 5.56 Å². The van der Waals surface area contributed by atoms with Crippen LogP contribution in [0.5, 0.6) is 0 Å². The number of hydrogen-bond acceptors (Lipinski definition) is 5. The third-order valence-electron chi connectivity index (χ3n) is 3.69. The van der Waals surface area contributed by atoms with E-state index in [1.807, 2.05) is 30.3 Å². The Morgan fingerprint density at radius 2 is 1.52 bits per heavy atom. The molecule has 3 aromatic rings. The van der Waals surface area contributed by atoms with Crippen molar-refractivity contribution in [2.24, 2.45) is 0 Å². The highest BCUT2D eigenvalue weighted by Crippen LogP contribution is 2.23. The quantitative estimate of drug-likeness (QED) is 0.735. The highest BCUT2D eigenvalue weighted by molar-refractivity contribution is 7.91. The van der Waals surface area contributed by atoms with Gasteiger partial charge in [-0.05, 0) is 23.8 Å². The number of pyridine rings is 1. The minimum atomic E-state index is -3.63. The van der Waals surface area contributed by atoms with Crippen LogP contribution in [0.2, 0.25) is 0 Å². The molecule has 0 radical (unpaired) electrons. The molecule has 2 N–H and O–H groups in total. The first-order chi connectivity index (χ1) is 12.1. The van der Waals surface area contributed by atoms with E-state index in [0.29, 0.717) is 18.0 Å². The maximum absolute atomic E-state index is 12.6. The Labute approximate surface area is 147 Å². The number of nitrogen functional groups attached to an aromatic ring is 1. The zero-order valence-corrected chi connectivity index (χ0v) is 14.3. The molecule has 2 aromatic carbocycles. The van der Waals surface area contributed by atoms with Crippen LogP contribution in [0.3, 0.4) is 0 Å². The summed E-state index contributed by atoms with van der Waals surface area (Å²) in [7, 11) is -3.63. The Hall–Kier alpha value is -2.70. The molecule has 1 heterocycles. The van der Waals surface area contributed by atoms with Crippen LogP contribution in [0.15, 0.2) is 82.7 Å². The van der Waals surface area contributed by atoms with Crippen molar-refractivity contribution in [3.05, 3.63) is 84.2 Å². The Balaban J connectivity index is 1.73. The van der Waals surface area contributed by atoms with Crippen molar-refractivity contribution in [1.82, 2.24) is 4.98 Å². The number of ether oxygens (including phenoxy) is 1. The van der Waals surface area contributed by atoms with Gasteiger partial charge in [-0.15, -0.1) is 0 Å². The van der Waals surface area contributed by atoms with Crippen molar-refractivity contribution in [3.63, 3.8) is 0 Å². The normalized spacial score (nSPS) is 11.4. The average molecular weight is 354 g/mol. The fraction of sp³-hybridized carbons (Fsp3) is 0.105. The largest absolute Gasteiger partial charge is 0.397 e. The van der Waals surface area contributed by atoms with Crippen molar-refractivity contribution < 1.29 is 13.2 Å². The lowest BCUT2D eigenvalue weighted by Crippen LogP contribution is -2.07. The lowest BCUT2D eigenvalue weighted by molar-refractivity contribution is 0.105. The molecule has 0 saturated carbocycles. The van der Waals surface area contributed by atoms with E-state index >= 15 is 0 Å². The maximum atomic E-state index is 12.6. The van der Waals surface area contributed by atoms with Gasteiger partial charge >= 0.3 is 0 Å². The van der Waals surface area contributed by atoms with E-state index in [-0.39, 0.29) is 16.4 Å². The first kappa shape index (κ1) is 17.1. The molecule has 128 valence electrons. The number of anilines is 1. The number of nitrogens with two attached hydrogens (primary N) is 1. The molecule has 0 saturated heterocycles. The van der Waals surface area contributed by atoms with Gasteiger partial charge in [0.25, 0.3) is 0 Å². The minimum absolute atomic E-state index is 0.0722. The molecule has 0 aliphatic rings. The molecular weight excluding hydrogens is 336 g/mol. The van der Waals surface area contributed by atoms with E-state index in [4.69, 9.17) is 10.5 Å². The van der Waals surface area contributed by atoms with Gasteiger partial charge in [0.05, 0.1) is 34.4 Å². The zero-order chi connectivity index (χ0) is 17.7. The maximum Gasteiger partial charge on any atom is 0.208 e. The highest BCUT2D eigenvalue weighted by atomic mass is 32.2. The Morgan fingerprint density at radius 1 is 0.880 bits per heavy atom. The average Bonchev–Trinajstić information content (AvgIpc) is 2.64. The standard InChI is InChI=1S/C19H18N2O3S/c20-18-11-17(25(22,23)16-9-5-2-6-10-16)12-21-19(18)14-24-13-15-7-3-1-4-8-15/h1-12H,13-14,20H2. The molecule has 0 aliphatic carbocycles. The molecule has 0 unspecified atom stereocenters. The summed E-state index contributed by atoms with van der Waals surface area (Å²) >= 11 is 0. The van der Waals surface area contributed by atoms with Gasteiger partial charge in [0.2, 0.25) is 9.84 Å². The summed E-state index contributed by atoms with van der Waals surface area (Å²) in [6.45, 7) is 0.651. The molecule has 0 amide bonds. The van der Waals surface area contributed by atoms with Crippen molar-refractivity contribution in [1.29, 1.82) is 0 Å². The van der Waals surface area contributed by atoms with Gasteiger partial charge in [0, 0.05) is 6.20 Å². The predicted molar refractivity (Wildman–Crippen MR) is 95.5 cm³/mol. The van der Waals surface area contributed by atoms with Crippen molar-refractivity contribution in [2.75, 3.05) is 5.73 Å². The van der Waals surface area contributed by atoms with Gasteiger partial charge in [-0.25, -0.2) is 8.42 Å². The van der Waals surface area contributed by atoms with Crippen LogP contribution in [0.4, 0.5) is 5.69 Å². The first-order valence-electron chi connectivity index (χ1n) is 7.73. The summed E-state index contributed by atoms with van der Waals surface area (Å²) in [5.74, 6) is 0. The molecule has 25 heavy (non-hydrogen) atoms. The van der Waals surface area contributed by atoms with E-state index < -0.39 is 9.84 Å². The van der Waals surface area contributed by atoms with Crippen molar-refractivity contribution in [2.45, 2.75) is 23.0 Å². The zero-order valence-electron chi connectivity index (χ0n) is 13.5. The van der Waals surface area contributed by atoms with Crippen LogP contribution in [-0.2, 0) is 27.8 Å². The summed E-state index contributed by atoms with van der Waals surface area (Å²) in [5, 5.41) is 0. The van der Waals surface area contributed by atoms with Gasteiger partial charge in [0.15, 0.2) is 0 Å². The Kier molecular flexibility index (Phi) is 5.11. The number of nitrogens with zero attached hydrogens (tertiary/aromatic N) is 1. The summed E-state index contributed by atoms with van der Waals surface area (Å²) in [6.07, 6.45) is 1.32. The molecular formula is C19H18N2O3S. The fourth-order valence-electron chi connectivity index (χ4n) is 2.33. The number of benzene rings is 2. The van der Waals surface area contributed by atoms with E-state index in [1.165, 1.54) is 12.3 Å². The lowest BCUT2D eigenvalue weighted by Gasteiger charge is -2.09. The third kappa shape index (κ3) is 4.04. The van der Waals surface area contributed by atoms with Crippen LogP contribution < -0.4 is 5.73 Å². The summed E-state index contributed by atoms with van der Waals surface area (Å²) in [4.78, 5) is 4.46. The molecule has 0 fully saturated rings. The highest BCUT2D eigenvalue weighted by Gasteiger charge is 2.19. The van der Waals surface area contributed by atoms with Gasteiger partial charge in [-0.3, -0.25) is 4.98 Å². The molecule has 5 nitrogen and oxygen atoms in total. The van der Waals surface area contributed by atoms with Crippen LogP contribution in [0.1, 0.15) is 11.3 Å². The third-order valence-corrected chi connectivity index (χ3v) is 5.43. The topological polar surface area (TPSA) is 82.3 Å². The number of hydrogen-bond donors (Lipinski definition) is 1. The van der Waals surface area contributed by atoms with Crippen molar-refractivity contribution in [3.8, 4) is 0 Å². The van der Waals surface area contributed by atoms with Gasteiger partial charge in [0.1, 0.15) is 0 Å². The van der Waals surface area contributed by atoms with Gasteiger partial charge in [-0.2, -0.15) is 0 Å². The second-order valence-corrected chi connectivity index (χ2v) is 7.45. The molecule has 0 bridgehead atoms. The van der Waals surface area contributed by atoms with Gasteiger partial charge < -0.3 is 10.5 Å². The van der Waals surface area contributed by atoms with Gasteiger partial charge in [-0.1, -0.05) is 48.5 Å². The second-order valence-electron chi connectivity index (χ2n) is 5.50. The Bertz CT molecular complexity index is 943. The summed E-state index contributed by atoms with van der Waals surface area (Å²) < 4.78 is 30.7. The molecule has 3 rings (SSSR count). The lowest BCUT2D eigenvalue weighted by atomic mass is 10.2. The second kappa shape index (κ2) is 7.46. The first-order valence-corrected chi connectivity index (χ1v) is 9.22. The van der Waals surface area contributed by atoms with Crippen LogP contribution in [0.25, 0.3) is 0 Å². The molecule has 0 aliphatic heterocycles. The molecule has 0 spiro atoms. The van der Waals surface area contributed by atoms with Crippen molar-refractivity contribution >= 4 is 15.5 Å². The smallest absolute Gasteiger partial charge is 0.208 e. The molecule has 0 atom stereocenters. The van der Waals surface area contributed by atoms with E-state index in [9.17, 15) is 8.42 Å². The Morgan fingerprint density at radius 3 is 2.16 bits per heavy atom. The summed E-state index contributed by atoms with van der Waals surface area (Å²) in [5.41, 5.74) is 7.83. The van der Waals surface area contributed by atoms with Crippen LogP contribution in [0, 0.1) is 0 Å². The van der Waals surface area contributed by atoms with Crippen LogP contribution in [-0.4, -0.2) is 13.4 Å². The summed E-state index contributed by atoms with van der Waals surface area (Å²) in [6, 6.07) is 19.4. The molecule has 1 aromatic heterocycles.